The van der Waals surface area contributed by atoms with E-state index in [1.165, 1.54) is 18.1 Å². The molecule has 0 fully saturated rings. The third-order valence-corrected chi connectivity index (χ3v) is 6.93. The van der Waals surface area contributed by atoms with Gasteiger partial charge < -0.3 is 19.8 Å². The van der Waals surface area contributed by atoms with Gasteiger partial charge in [-0.1, -0.05) is 63.9 Å². The molecular weight excluding hydrogens is 514 g/mol. The van der Waals surface area contributed by atoms with Gasteiger partial charge in [-0.05, 0) is 35.9 Å². The van der Waals surface area contributed by atoms with Crippen molar-refractivity contribution in [3.63, 3.8) is 0 Å². The number of nitrogens with zero attached hydrogens (tertiary/aromatic N) is 4. The van der Waals surface area contributed by atoms with Gasteiger partial charge in [0.25, 0.3) is 6.29 Å². The average molecular weight is 531 g/mol. The summed E-state index contributed by atoms with van der Waals surface area (Å²) < 4.78 is 14.7. The molecule has 5 rings (SSSR count). The highest BCUT2D eigenvalue weighted by molar-refractivity contribution is 9.10. The number of benzene rings is 2. The Kier molecular flexibility index (Phi) is 5.95. The second-order valence-electron chi connectivity index (χ2n) is 6.96. The van der Waals surface area contributed by atoms with E-state index in [4.69, 9.17) is 26.8 Å². The number of imidazole rings is 1. The zero-order valence-electron chi connectivity index (χ0n) is 16.6. The van der Waals surface area contributed by atoms with Gasteiger partial charge in [0.05, 0.1) is 0 Å². The fourth-order valence-corrected chi connectivity index (χ4v) is 4.91. The fourth-order valence-electron chi connectivity index (χ4n) is 3.37. The number of fused-ring (bicyclic) bond motifs is 1. The Bertz CT molecular complexity index is 1330. The standard InChI is InChI=1S/C22H17BrClN5O2S/c23-15-7-3-2-6-14(15)21-30-11-17(31-21)32-22-28-18-19(25)26-12-27-20(18)29(22)10-9-13-5-1-4-8-16(13)24/h1-8,11-12,21H,9-10H2,(H2,25,26,27). The first kappa shape index (κ1) is 21.1. The highest BCUT2D eigenvalue weighted by Gasteiger charge is 2.26. The molecule has 0 bridgehead atoms. The highest BCUT2D eigenvalue weighted by Crippen LogP contribution is 2.40. The zero-order valence-corrected chi connectivity index (χ0v) is 19.8. The van der Waals surface area contributed by atoms with Crippen LogP contribution in [0.5, 0.6) is 0 Å². The second kappa shape index (κ2) is 9.01. The van der Waals surface area contributed by atoms with Crippen LogP contribution in [0, 0.1) is 0 Å². The van der Waals surface area contributed by atoms with Gasteiger partial charge in [-0.15, -0.1) is 0 Å². The number of aryl methyl sites for hydroxylation is 2. The topological polar surface area (TPSA) is 88.1 Å². The largest absolute Gasteiger partial charge is 0.454 e. The first-order valence-electron chi connectivity index (χ1n) is 9.75. The lowest BCUT2D eigenvalue weighted by atomic mass is 10.1. The van der Waals surface area contributed by atoms with E-state index in [0.717, 1.165) is 20.6 Å². The van der Waals surface area contributed by atoms with Crippen LogP contribution in [0.3, 0.4) is 0 Å². The number of ether oxygens (including phenoxy) is 2. The molecule has 7 nitrogen and oxygen atoms in total. The van der Waals surface area contributed by atoms with Crippen molar-refractivity contribution in [2.24, 2.45) is 0 Å². The summed E-state index contributed by atoms with van der Waals surface area (Å²) in [5, 5.41) is 2.00. The normalized spacial score (nSPS) is 15.4. The van der Waals surface area contributed by atoms with E-state index in [9.17, 15) is 0 Å². The number of aromatic nitrogens is 4. The van der Waals surface area contributed by atoms with E-state index in [2.05, 4.69) is 30.9 Å². The summed E-state index contributed by atoms with van der Waals surface area (Å²) in [5.41, 5.74) is 9.22. The summed E-state index contributed by atoms with van der Waals surface area (Å²) in [4.78, 5) is 13.2. The third-order valence-electron chi connectivity index (χ3n) is 4.95. The third kappa shape index (κ3) is 4.15. The van der Waals surface area contributed by atoms with Crippen molar-refractivity contribution in [3.8, 4) is 0 Å². The highest BCUT2D eigenvalue weighted by atomic mass is 79.9. The molecule has 10 heteroatoms. The summed E-state index contributed by atoms with van der Waals surface area (Å²) in [7, 11) is 0. The molecule has 1 aliphatic rings. The van der Waals surface area contributed by atoms with Gasteiger partial charge in [0, 0.05) is 21.6 Å². The Hall–Kier alpha value is -2.75. The monoisotopic (exact) mass is 529 g/mol. The van der Waals surface area contributed by atoms with Crippen molar-refractivity contribution in [1.82, 2.24) is 19.5 Å². The van der Waals surface area contributed by atoms with E-state index >= 15 is 0 Å². The van der Waals surface area contributed by atoms with Crippen LogP contribution < -0.4 is 5.73 Å². The molecule has 1 aliphatic heterocycles. The summed E-state index contributed by atoms with van der Waals surface area (Å²) in [6, 6.07) is 15.6. The number of halogens is 2. The molecule has 3 heterocycles. The molecular formula is C22H17BrClN5O2S. The number of hydrogen-bond donors (Lipinski definition) is 1. The van der Waals surface area contributed by atoms with Crippen molar-refractivity contribution >= 4 is 56.3 Å². The zero-order chi connectivity index (χ0) is 22.1. The van der Waals surface area contributed by atoms with Crippen molar-refractivity contribution < 1.29 is 9.47 Å². The van der Waals surface area contributed by atoms with Crippen LogP contribution in [0.2, 0.25) is 5.02 Å². The lowest BCUT2D eigenvalue weighted by Gasteiger charge is -2.13. The van der Waals surface area contributed by atoms with E-state index in [1.54, 1.807) is 6.26 Å². The van der Waals surface area contributed by atoms with Gasteiger partial charge in [0.15, 0.2) is 22.1 Å². The molecule has 1 atom stereocenters. The van der Waals surface area contributed by atoms with Gasteiger partial charge in [0.1, 0.15) is 12.6 Å². The lowest BCUT2D eigenvalue weighted by Crippen LogP contribution is -2.05. The fraction of sp³-hybridized carbons (Fsp3) is 0.136. The number of thioether (sulfide) groups is 1. The number of anilines is 1. The average Bonchev–Trinajstić information content (AvgIpc) is 3.39. The second-order valence-corrected chi connectivity index (χ2v) is 9.20. The Labute approximate surface area is 201 Å². The maximum Gasteiger partial charge on any atom is 0.268 e. The predicted octanol–water partition coefficient (Wildman–Crippen LogP) is 5.70. The quantitative estimate of drug-likeness (QED) is 0.342. The molecule has 32 heavy (non-hydrogen) atoms. The van der Waals surface area contributed by atoms with E-state index in [1.807, 2.05) is 53.1 Å². The van der Waals surface area contributed by atoms with Gasteiger partial charge in [-0.25, -0.2) is 15.0 Å². The summed E-state index contributed by atoms with van der Waals surface area (Å²) in [5.74, 6) is 0.331. The van der Waals surface area contributed by atoms with Crippen LogP contribution in [0.25, 0.3) is 11.2 Å². The summed E-state index contributed by atoms with van der Waals surface area (Å²) in [6.07, 6.45) is 3.22. The minimum atomic E-state index is -0.529. The summed E-state index contributed by atoms with van der Waals surface area (Å²) >= 11 is 11.2. The number of nitrogen functional groups attached to an aromatic ring is 1. The van der Waals surface area contributed by atoms with E-state index in [0.29, 0.717) is 40.2 Å². The predicted molar refractivity (Wildman–Crippen MR) is 128 cm³/mol. The van der Waals surface area contributed by atoms with E-state index in [-0.39, 0.29) is 0 Å². The molecule has 0 amide bonds. The number of nitrogens with two attached hydrogens (primary N) is 1. The van der Waals surface area contributed by atoms with Gasteiger partial charge in [-0.3, -0.25) is 0 Å². The van der Waals surface area contributed by atoms with E-state index < -0.39 is 6.29 Å². The van der Waals surface area contributed by atoms with Crippen LogP contribution in [0.1, 0.15) is 17.4 Å². The van der Waals surface area contributed by atoms with Crippen molar-refractivity contribution in [2.45, 2.75) is 24.4 Å². The molecule has 0 aliphatic carbocycles. The van der Waals surface area contributed by atoms with Crippen LogP contribution in [-0.4, -0.2) is 19.5 Å². The Morgan fingerprint density at radius 2 is 1.94 bits per heavy atom. The van der Waals surface area contributed by atoms with Crippen molar-refractivity contribution in [1.29, 1.82) is 0 Å². The minimum Gasteiger partial charge on any atom is -0.454 e. The Morgan fingerprint density at radius 3 is 2.78 bits per heavy atom. The van der Waals surface area contributed by atoms with Crippen LogP contribution >= 0.6 is 39.3 Å². The molecule has 0 saturated carbocycles. The van der Waals surface area contributed by atoms with Crippen molar-refractivity contribution in [3.05, 3.63) is 86.8 Å². The molecule has 2 aromatic heterocycles. The molecule has 162 valence electrons. The first-order chi connectivity index (χ1) is 15.6. The van der Waals surface area contributed by atoms with Crippen molar-refractivity contribution in [2.75, 3.05) is 5.73 Å². The molecule has 0 saturated heterocycles. The molecule has 4 aromatic rings. The molecule has 2 aromatic carbocycles. The summed E-state index contributed by atoms with van der Waals surface area (Å²) in [6.45, 7) is 0.612. The van der Waals surface area contributed by atoms with Crippen LogP contribution in [0.15, 0.2) is 75.8 Å². The lowest BCUT2D eigenvalue weighted by molar-refractivity contribution is -0.0278. The number of hydrogen-bond acceptors (Lipinski definition) is 7. The maximum atomic E-state index is 6.35. The Balaban J connectivity index is 1.41. The minimum absolute atomic E-state index is 0.331. The molecule has 0 radical (unpaired) electrons. The van der Waals surface area contributed by atoms with Crippen LogP contribution in [0.4, 0.5) is 5.82 Å². The van der Waals surface area contributed by atoms with Gasteiger partial charge in [-0.2, -0.15) is 0 Å². The molecule has 2 N–H and O–H groups in total. The SMILES string of the molecule is Nc1ncnc2c1nc(SC1=COC(c3ccccc3Br)O1)n2CCc1ccccc1Cl. The first-order valence-corrected chi connectivity index (χ1v) is 11.7. The number of rotatable bonds is 6. The molecule has 1 unspecified atom stereocenters. The van der Waals surface area contributed by atoms with Gasteiger partial charge >= 0.3 is 0 Å². The van der Waals surface area contributed by atoms with Gasteiger partial charge in [0.2, 0.25) is 5.09 Å². The van der Waals surface area contributed by atoms with Crippen LogP contribution in [-0.2, 0) is 22.4 Å². The Morgan fingerprint density at radius 1 is 1.12 bits per heavy atom. The molecule has 0 spiro atoms. The maximum absolute atomic E-state index is 6.35. The smallest absolute Gasteiger partial charge is 0.268 e.